The van der Waals surface area contributed by atoms with Gasteiger partial charge in [-0.05, 0) is 30.3 Å². The Morgan fingerprint density at radius 1 is 1.15 bits per heavy atom. The largest absolute Gasteiger partial charge is 0.355 e. The highest BCUT2D eigenvalue weighted by atomic mass is 35.5. The lowest BCUT2D eigenvalue weighted by molar-refractivity contribution is 0.0827. The molecule has 138 valence electrons. The summed E-state index contributed by atoms with van der Waals surface area (Å²) in [5, 5.41) is 6.49. The van der Waals surface area contributed by atoms with Crippen molar-refractivity contribution in [1.29, 1.82) is 0 Å². The fourth-order valence-electron chi connectivity index (χ4n) is 2.37. The molecule has 3 rings (SSSR count). The van der Waals surface area contributed by atoms with E-state index in [0.29, 0.717) is 11.3 Å². The number of halogens is 2. The van der Waals surface area contributed by atoms with Crippen LogP contribution >= 0.6 is 11.6 Å². The van der Waals surface area contributed by atoms with Crippen LogP contribution in [0, 0.1) is 5.82 Å². The van der Waals surface area contributed by atoms with Crippen LogP contribution in [0.25, 0.3) is 11.3 Å². The molecule has 0 radical (unpaired) electrons. The summed E-state index contributed by atoms with van der Waals surface area (Å²) < 4.78 is 18.9. The number of carbonyl (C=O) groups excluding carboxylic acids is 2. The Morgan fingerprint density at radius 3 is 2.56 bits per heavy atom. The molecule has 2 aromatic carbocycles. The number of nitrogens with zero attached hydrogens (tertiary/aromatic N) is 2. The van der Waals surface area contributed by atoms with Crippen molar-refractivity contribution in [3.05, 3.63) is 70.6 Å². The number of anilines is 1. The first-order valence-corrected chi connectivity index (χ1v) is 8.29. The maximum atomic E-state index is 13.8. The third-order valence-electron chi connectivity index (χ3n) is 3.75. The second kappa shape index (κ2) is 7.59. The summed E-state index contributed by atoms with van der Waals surface area (Å²) in [7, 11) is 3.23. The molecule has 0 aliphatic heterocycles. The van der Waals surface area contributed by atoms with Crippen LogP contribution in [0.2, 0.25) is 5.02 Å². The average molecular weight is 388 g/mol. The number of rotatable bonds is 4. The van der Waals surface area contributed by atoms with Crippen molar-refractivity contribution in [2.45, 2.75) is 0 Å². The molecule has 0 atom stereocenters. The van der Waals surface area contributed by atoms with Crippen molar-refractivity contribution < 1.29 is 18.5 Å². The summed E-state index contributed by atoms with van der Waals surface area (Å²) in [4.78, 5) is 25.7. The number of aromatic nitrogens is 1. The van der Waals surface area contributed by atoms with E-state index in [2.05, 4.69) is 10.5 Å². The lowest BCUT2D eigenvalue weighted by atomic mass is 10.1. The molecule has 0 bridgehead atoms. The Morgan fingerprint density at radius 2 is 1.89 bits per heavy atom. The van der Waals surface area contributed by atoms with Crippen LogP contribution in [0.15, 0.2) is 53.1 Å². The predicted octanol–water partition coefficient (Wildman–Crippen LogP) is 4.09. The van der Waals surface area contributed by atoms with E-state index in [0.717, 1.165) is 0 Å². The minimum Gasteiger partial charge on any atom is -0.355 e. The van der Waals surface area contributed by atoms with Crippen molar-refractivity contribution >= 4 is 29.1 Å². The van der Waals surface area contributed by atoms with Gasteiger partial charge in [0.05, 0.1) is 16.1 Å². The molecule has 0 fully saturated rings. The van der Waals surface area contributed by atoms with Crippen molar-refractivity contribution in [1.82, 2.24) is 10.1 Å². The number of nitrogens with one attached hydrogen (secondary N) is 1. The standard InChI is InChI=1S/C19H15ClFN3O3/c1-24(2)19(26)12-8-7-11(9-14(12)20)22-18(25)16-10-17(27-23-16)13-5-3-4-6-15(13)21/h3-10H,1-2H3,(H,22,25). The van der Waals surface area contributed by atoms with Crippen LogP contribution in [0.4, 0.5) is 10.1 Å². The van der Waals surface area contributed by atoms with Crippen LogP contribution in [0.3, 0.4) is 0 Å². The van der Waals surface area contributed by atoms with Gasteiger partial charge in [-0.1, -0.05) is 28.9 Å². The molecular weight excluding hydrogens is 373 g/mol. The molecule has 0 aliphatic rings. The van der Waals surface area contributed by atoms with Gasteiger partial charge in [-0.2, -0.15) is 0 Å². The molecule has 0 spiro atoms. The third kappa shape index (κ3) is 3.98. The summed E-state index contributed by atoms with van der Waals surface area (Å²) >= 11 is 6.12. The molecule has 0 aliphatic carbocycles. The lowest BCUT2D eigenvalue weighted by Crippen LogP contribution is -2.22. The molecular formula is C19H15ClFN3O3. The lowest BCUT2D eigenvalue weighted by Gasteiger charge is -2.12. The van der Waals surface area contributed by atoms with E-state index in [9.17, 15) is 14.0 Å². The summed E-state index contributed by atoms with van der Waals surface area (Å²) in [5.41, 5.74) is 0.898. The van der Waals surface area contributed by atoms with E-state index >= 15 is 0 Å². The fraction of sp³-hybridized carbons (Fsp3) is 0.105. The Hall–Kier alpha value is -3.19. The van der Waals surface area contributed by atoms with Crippen molar-refractivity contribution in [3.8, 4) is 11.3 Å². The van der Waals surface area contributed by atoms with Gasteiger partial charge in [-0.3, -0.25) is 9.59 Å². The SMILES string of the molecule is CN(C)C(=O)c1ccc(NC(=O)c2cc(-c3ccccc3F)on2)cc1Cl. The zero-order valence-electron chi connectivity index (χ0n) is 14.5. The fourth-order valence-corrected chi connectivity index (χ4v) is 2.63. The number of hydrogen-bond acceptors (Lipinski definition) is 4. The highest BCUT2D eigenvalue weighted by Crippen LogP contribution is 2.25. The number of amides is 2. The van der Waals surface area contributed by atoms with Gasteiger partial charge in [0.15, 0.2) is 11.5 Å². The molecule has 0 unspecified atom stereocenters. The van der Waals surface area contributed by atoms with Crippen molar-refractivity contribution in [2.75, 3.05) is 19.4 Å². The Kier molecular flexibility index (Phi) is 5.23. The van der Waals surface area contributed by atoms with Crippen molar-refractivity contribution in [2.24, 2.45) is 0 Å². The van der Waals surface area contributed by atoms with Crippen LogP contribution in [-0.2, 0) is 0 Å². The molecule has 1 N–H and O–H groups in total. The van der Waals surface area contributed by atoms with Gasteiger partial charge in [0, 0.05) is 25.8 Å². The van der Waals surface area contributed by atoms with Gasteiger partial charge in [0.25, 0.3) is 11.8 Å². The normalized spacial score (nSPS) is 10.5. The molecule has 8 heteroatoms. The van der Waals surface area contributed by atoms with Crippen LogP contribution in [-0.4, -0.2) is 36.0 Å². The predicted molar refractivity (Wildman–Crippen MR) is 99.3 cm³/mol. The number of carbonyl (C=O) groups is 2. The molecule has 0 saturated carbocycles. The Labute approximate surface area is 159 Å². The van der Waals surface area contributed by atoms with E-state index in [-0.39, 0.29) is 27.9 Å². The molecule has 6 nitrogen and oxygen atoms in total. The maximum Gasteiger partial charge on any atom is 0.277 e. The molecule has 27 heavy (non-hydrogen) atoms. The minimum atomic E-state index is -0.552. The van der Waals surface area contributed by atoms with Gasteiger partial charge in [-0.15, -0.1) is 0 Å². The summed E-state index contributed by atoms with van der Waals surface area (Å²) in [6.45, 7) is 0. The van der Waals surface area contributed by atoms with Crippen LogP contribution in [0.1, 0.15) is 20.8 Å². The van der Waals surface area contributed by atoms with E-state index in [1.807, 2.05) is 0 Å². The first-order chi connectivity index (χ1) is 12.9. The molecule has 2 amide bonds. The molecule has 0 saturated heterocycles. The van der Waals surface area contributed by atoms with Crippen LogP contribution in [0.5, 0.6) is 0 Å². The second-order valence-electron chi connectivity index (χ2n) is 5.90. The Balaban J connectivity index is 1.78. The molecule has 3 aromatic rings. The van der Waals surface area contributed by atoms with Gasteiger partial charge in [-0.25, -0.2) is 4.39 Å². The zero-order chi connectivity index (χ0) is 19.6. The highest BCUT2D eigenvalue weighted by molar-refractivity contribution is 6.34. The smallest absolute Gasteiger partial charge is 0.277 e. The molecule has 1 heterocycles. The van der Waals surface area contributed by atoms with E-state index in [1.54, 1.807) is 32.3 Å². The average Bonchev–Trinajstić information content (AvgIpc) is 3.11. The summed E-state index contributed by atoms with van der Waals surface area (Å²) in [5.74, 6) is -1.13. The summed E-state index contributed by atoms with van der Waals surface area (Å²) in [6, 6.07) is 11.9. The maximum absolute atomic E-state index is 13.8. The topological polar surface area (TPSA) is 75.4 Å². The van der Waals surface area contributed by atoms with Gasteiger partial charge in [0.2, 0.25) is 0 Å². The van der Waals surface area contributed by atoms with E-state index in [1.165, 1.54) is 35.2 Å². The van der Waals surface area contributed by atoms with Gasteiger partial charge in [0.1, 0.15) is 5.82 Å². The quantitative estimate of drug-likeness (QED) is 0.731. The first kappa shape index (κ1) is 18.6. The van der Waals surface area contributed by atoms with Crippen LogP contribution < -0.4 is 5.32 Å². The second-order valence-corrected chi connectivity index (χ2v) is 6.31. The molecule has 1 aromatic heterocycles. The Bertz CT molecular complexity index is 1020. The highest BCUT2D eigenvalue weighted by Gasteiger charge is 2.17. The number of benzene rings is 2. The van der Waals surface area contributed by atoms with E-state index < -0.39 is 11.7 Å². The first-order valence-electron chi connectivity index (χ1n) is 7.91. The third-order valence-corrected chi connectivity index (χ3v) is 4.06. The van der Waals surface area contributed by atoms with Gasteiger partial charge < -0.3 is 14.7 Å². The zero-order valence-corrected chi connectivity index (χ0v) is 15.2. The monoisotopic (exact) mass is 387 g/mol. The van der Waals surface area contributed by atoms with Crippen molar-refractivity contribution in [3.63, 3.8) is 0 Å². The minimum absolute atomic E-state index is 0.0159. The van der Waals surface area contributed by atoms with Gasteiger partial charge >= 0.3 is 0 Å². The summed E-state index contributed by atoms with van der Waals surface area (Å²) in [6.07, 6.45) is 0. The van der Waals surface area contributed by atoms with E-state index in [4.69, 9.17) is 16.1 Å². The number of hydrogen-bond donors (Lipinski definition) is 1.